The number of hydrogen-bond donors (Lipinski definition) is 0. The molecule has 0 atom stereocenters. The lowest BCUT2D eigenvalue weighted by molar-refractivity contribution is 0.356. The van der Waals surface area contributed by atoms with Crippen molar-refractivity contribution >= 4 is 10.0 Å². The predicted molar refractivity (Wildman–Crippen MR) is 49.9 cm³/mol. The second kappa shape index (κ2) is 3.70. The van der Waals surface area contributed by atoms with Crippen LogP contribution in [0.4, 0.5) is 0 Å². The molecule has 0 N–H and O–H groups in total. The van der Waals surface area contributed by atoms with Crippen LogP contribution in [0.3, 0.4) is 0 Å². The summed E-state index contributed by atoms with van der Waals surface area (Å²) in [5, 5.41) is 3.69. The van der Waals surface area contributed by atoms with E-state index in [1.54, 1.807) is 6.07 Å². The maximum atomic E-state index is 11.6. The quantitative estimate of drug-likeness (QED) is 0.726. The molecule has 0 saturated carbocycles. The monoisotopic (exact) mass is 216 g/mol. The Kier molecular flexibility index (Phi) is 2.56. The van der Waals surface area contributed by atoms with Crippen LogP contribution >= 0.6 is 0 Å². The molecule has 2 heterocycles. The van der Waals surface area contributed by atoms with Crippen LogP contribution in [-0.4, -0.2) is 30.2 Å². The molecule has 0 bridgehead atoms. The van der Waals surface area contributed by atoms with Gasteiger partial charge in [0.2, 0.25) is 10.0 Å². The normalized spacial score (nSPS) is 22.3. The van der Waals surface area contributed by atoms with Crippen LogP contribution in [-0.2, 0) is 16.6 Å². The van der Waals surface area contributed by atoms with E-state index in [-0.39, 0.29) is 5.75 Å². The minimum absolute atomic E-state index is 0.255. The van der Waals surface area contributed by atoms with E-state index in [4.69, 9.17) is 0 Å². The van der Waals surface area contributed by atoms with E-state index < -0.39 is 10.0 Å². The minimum atomic E-state index is -3.05. The van der Waals surface area contributed by atoms with Gasteiger partial charge in [0.15, 0.2) is 0 Å². The van der Waals surface area contributed by atoms with Crippen molar-refractivity contribution in [1.29, 1.82) is 0 Å². The molecule has 1 fully saturated rings. The van der Waals surface area contributed by atoms with E-state index in [1.807, 2.05) is 0 Å². The van der Waals surface area contributed by atoms with E-state index in [0.29, 0.717) is 18.8 Å². The molecule has 14 heavy (non-hydrogen) atoms. The summed E-state index contributed by atoms with van der Waals surface area (Å²) >= 11 is 0. The second-order valence-corrected chi connectivity index (χ2v) is 5.44. The Morgan fingerprint density at radius 2 is 2.36 bits per heavy atom. The number of sulfonamides is 1. The molecule has 2 rings (SSSR count). The highest BCUT2D eigenvalue weighted by atomic mass is 32.2. The molecule has 6 heteroatoms. The van der Waals surface area contributed by atoms with Gasteiger partial charge >= 0.3 is 0 Å². The van der Waals surface area contributed by atoms with Crippen LogP contribution < -0.4 is 0 Å². The maximum absolute atomic E-state index is 11.6. The lowest BCUT2D eigenvalue weighted by Gasteiger charge is -2.25. The first kappa shape index (κ1) is 9.67. The Morgan fingerprint density at radius 3 is 3.00 bits per heavy atom. The van der Waals surface area contributed by atoms with Crippen molar-refractivity contribution in [2.45, 2.75) is 19.4 Å². The molecule has 0 aliphatic carbocycles. The summed E-state index contributed by atoms with van der Waals surface area (Å²) in [7, 11) is -3.05. The van der Waals surface area contributed by atoms with Gasteiger partial charge in [-0.1, -0.05) is 5.16 Å². The largest absolute Gasteiger partial charge is 0.364 e. The number of rotatable bonds is 2. The van der Waals surface area contributed by atoms with Gasteiger partial charge in [-0.05, 0) is 12.8 Å². The van der Waals surface area contributed by atoms with Gasteiger partial charge in [-0.2, -0.15) is 4.31 Å². The first-order valence-electron chi connectivity index (χ1n) is 4.55. The Morgan fingerprint density at radius 1 is 1.50 bits per heavy atom. The zero-order valence-corrected chi connectivity index (χ0v) is 8.53. The van der Waals surface area contributed by atoms with Crippen LogP contribution in [0.25, 0.3) is 0 Å². The molecule has 1 aromatic heterocycles. The molecular formula is C8H12N2O3S. The summed E-state index contributed by atoms with van der Waals surface area (Å²) in [5.41, 5.74) is 0.662. The van der Waals surface area contributed by atoms with Crippen molar-refractivity contribution in [3.63, 3.8) is 0 Å². The Hall–Kier alpha value is -0.880. The summed E-state index contributed by atoms with van der Waals surface area (Å²) in [4.78, 5) is 0. The van der Waals surface area contributed by atoms with E-state index in [2.05, 4.69) is 9.68 Å². The lowest BCUT2D eigenvalue weighted by atomic mass is 10.3. The molecule has 0 aromatic carbocycles. The molecule has 0 amide bonds. The van der Waals surface area contributed by atoms with Crippen LogP contribution in [0.5, 0.6) is 0 Å². The number of nitrogens with zero attached hydrogens (tertiary/aromatic N) is 2. The highest BCUT2D eigenvalue weighted by Gasteiger charge is 2.26. The van der Waals surface area contributed by atoms with Crippen molar-refractivity contribution in [2.75, 3.05) is 12.3 Å². The first-order valence-corrected chi connectivity index (χ1v) is 6.16. The van der Waals surface area contributed by atoms with E-state index in [0.717, 1.165) is 12.8 Å². The maximum Gasteiger partial charge on any atom is 0.214 e. The third-order valence-electron chi connectivity index (χ3n) is 2.28. The summed E-state index contributed by atoms with van der Waals surface area (Å²) in [5.74, 6) is 0.255. The van der Waals surface area contributed by atoms with Gasteiger partial charge in [0.25, 0.3) is 0 Å². The SMILES string of the molecule is O=S1(=O)CCCCN1Cc1ccon1. The highest BCUT2D eigenvalue weighted by molar-refractivity contribution is 7.89. The molecule has 1 aromatic rings. The fourth-order valence-electron chi connectivity index (χ4n) is 1.52. The molecule has 0 radical (unpaired) electrons. The van der Waals surface area contributed by atoms with Gasteiger partial charge in [0, 0.05) is 12.6 Å². The van der Waals surface area contributed by atoms with Gasteiger partial charge in [0.05, 0.1) is 18.0 Å². The average Bonchev–Trinajstić information content (AvgIpc) is 2.61. The van der Waals surface area contributed by atoms with Gasteiger partial charge in [0.1, 0.15) is 6.26 Å². The van der Waals surface area contributed by atoms with Gasteiger partial charge in [-0.25, -0.2) is 8.42 Å². The summed E-state index contributed by atoms with van der Waals surface area (Å²) in [6.07, 6.45) is 3.14. The zero-order chi connectivity index (χ0) is 10.0. The standard InChI is InChI=1S/C8H12N2O3S/c11-14(12)6-2-1-4-10(14)7-8-3-5-13-9-8/h3,5H,1-2,4,6-7H2. The molecule has 0 spiro atoms. The molecule has 0 unspecified atom stereocenters. The number of aromatic nitrogens is 1. The third-order valence-corrected chi connectivity index (χ3v) is 4.19. The fourth-order valence-corrected chi connectivity index (χ4v) is 3.08. The van der Waals surface area contributed by atoms with E-state index in [1.165, 1.54) is 10.6 Å². The first-order chi connectivity index (χ1) is 6.68. The predicted octanol–water partition coefficient (Wildman–Crippen LogP) is 0.600. The van der Waals surface area contributed by atoms with Crippen LogP contribution in [0.2, 0.25) is 0 Å². The topological polar surface area (TPSA) is 63.4 Å². The minimum Gasteiger partial charge on any atom is -0.364 e. The summed E-state index contributed by atoms with van der Waals surface area (Å²) < 4.78 is 29.3. The van der Waals surface area contributed by atoms with Crippen LogP contribution in [0, 0.1) is 0 Å². The second-order valence-electron chi connectivity index (χ2n) is 3.35. The van der Waals surface area contributed by atoms with Crippen LogP contribution in [0.1, 0.15) is 18.5 Å². The van der Waals surface area contributed by atoms with E-state index in [9.17, 15) is 8.42 Å². The molecule has 78 valence electrons. The molecular weight excluding hydrogens is 204 g/mol. The lowest BCUT2D eigenvalue weighted by Crippen LogP contribution is -2.37. The smallest absolute Gasteiger partial charge is 0.214 e. The van der Waals surface area contributed by atoms with Gasteiger partial charge in [-0.15, -0.1) is 0 Å². The summed E-state index contributed by atoms with van der Waals surface area (Å²) in [6.45, 7) is 0.925. The average molecular weight is 216 g/mol. The fraction of sp³-hybridized carbons (Fsp3) is 0.625. The summed E-state index contributed by atoms with van der Waals surface area (Å²) in [6, 6.07) is 1.68. The van der Waals surface area contributed by atoms with Crippen molar-refractivity contribution in [2.24, 2.45) is 0 Å². The van der Waals surface area contributed by atoms with Crippen LogP contribution in [0.15, 0.2) is 16.9 Å². The highest BCUT2D eigenvalue weighted by Crippen LogP contribution is 2.16. The Bertz CT molecular complexity index is 385. The Labute approximate surface area is 82.7 Å². The zero-order valence-electron chi connectivity index (χ0n) is 7.72. The molecule has 1 aliphatic rings. The van der Waals surface area contributed by atoms with Crippen molar-refractivity contribution < 1.29 is 12.9 Å². The van der Waals surface area contributed by atoms with Crippen molar-refractivity contribution in [1.82, 2.24) is 9.46 Å². The van der Waals surface area contributed by atoms with Gasteiger partial charge in [-0.3, -0.25) is 0 Å². The molecule has 5 nitrogen and oxygen atoms in total. The number of hydrogen-bond acceptors (Lipinski definition) is 4. The van der Waals surface area contributed by atoms with Gasteiger partial charge < -0.3 is 4.52 Å². The molecule has 1 saturated heterocycles. The molecule has 1 aliphatic heterocycles. The van der Waals surface area contributed by atoms with Crippen molar-refractivity contribution in [3.05, 3.63) is 18.0 Å². The van der Waals surface area contributed by atoms with E-state index >= 15 is 0 Å². The Balaban J connectivity index is 2.10. The van der Waals surface area contributed by atoms with Crippen molar-refractivity contribution in [3.8, 4) is 0 Å². The third kappa shape index (κ3) is 1.96.